The molecule has 0 fully saturated rings. The molecule has 12 heteroatoms. The van der Waals surface area contributed by atoms with Crippen LogP contribution in [-0.4, -0.2) is 36.6 Å². The Kier molecular flexibility index (Phi) is 8.63. The first-order chi connectivity index (χ1) is 15.6. The van der Waals surface area contributed by atoms with Crippen molar-refractivity contribution in [3.8, 4) is 0 Å². The summed E-state index contributed by atoms with van der Waals surface area (Å²) in [5.74, 6) is -5.41. The van der Waals surface area contributed by atoms with Gasteiger partial charge in [-0.05, 0) is 47.6 Å². The summed E-state index contributed by atoms with van der Waals surface area (Å²) in [7, 11) is -4.86. The number of alkyl halides is 1. The van der Waals surface area contributed by atoms with Crippen LogP contribution in [0.1, 0.15) is 62.7 Å². The predicted molar refractivity (Wildman–Crippen MR) is 123 cm³/mol. The maximum absolute atomic E-state index is 15.8. The molecule has 0 aliphatic rings. The molecule has 1 heterocycles. The number of halogens is 1. The van der Waals surface area contributed by atoms with E-state index < -0.39 is 61.4 Å². The SMILES string of the molecule is CC(C)(C)C(=O)OCOP(=O)(OCOC(=O)C(C)(C)C)C(F)c1c(C(=O)O)sc2ccccc12. The summed E-state index contributed by atoms with van der Waals surface area (Å²) in [5.41, 5.74) is -2.22. The predicted octanol–water partition coefficient (Wildman–Crippen LogP) is 5.89. The van der Waals surface area contributed by atoms with Gasteiger partial charge in [0.2, 0.25) is 19.5 Å². The summed E-state index contributed by atoms with van der Waals surface area (Å²) in [4.78, 5) is 35.4. The third-order valence-electron chi connectivity index (χ3n) is 4.41. The van der Waals surface area contributed by atoms with Gasteiger partial charge in [-0.2, -0.15) is 0 Å². The Morgan fingerprint density at radius 1 is 0.971 bits per heavy atom. The van der Waals surface area contributed by atoms with Crippen molar-refractivity contribution in [2.75, 3.05) is 13.6 Å². The minimum absolute atomic E-state index is 0.211. The fourth-order valence-electron chi connectivity index (χ4n) is 2.53. The molecular weight excluding hydrogens is 490 g/mol. The van der Waals surface area contributed by atoms with E-state index in [1.807, 2.05) is 0 Å². The summed E-state index contributed by atoms with van der Waals surface area (Å²) >= 11 is 0.798. The minimum Gasteiger partial charge on any atom is -0.477 e. The largest absolute Gasteiger partial charge is 0.477 e. The molecule has 0 saturated carbocycles. The Hall–Kier alpha value is -2.33. The molecule has 1 aromatic carbocycles. The molecule has 0 aliphatic carbocycles. The minimum atomic E-state index is -4.86. The lowest BCUT2D eigenvalue weighted by molar-refractivity contribution is -0.162. The Morgan fingerprint density at radius 2 is 1.44 bits per heavy atom. The van der Waals surface area contributed by atoms with E-state index in [0.717, 1.165) is 11.3 Å². The molecule has 0 saturated heterocycles. The molecule has 0 radical (unpaired) electrons. The second-order valence-electron chi connectivity index (χ2n) is 9.38. The number of carboxylic acids is 1. The molecule has 0 amide bonds. The molecule has 1 N–H and O–H groups in total. The third-order valence-corrected chi connectivity index (χ3v) is 7.33. The van der Waals surface area contributed by atoms with E-state index in [2.05, 4.69) is 0 Å². The van der Waals surface area contributed by atoms with Gasteiger partial charge < -0.3 is 14.6 Å². The Balaban J connectivity index is 2.38. The van der Waals surface area contributed by atoms with E-state index in [9.17, 15) is 24.1 Å². The smallest absolute Gasteiger partial charge is 0.374 e. The van der Waals surface area contributed by atoms with E-state index >= 15 is 4.39 Å². The molecular formula is C22H28FO9PS. The van der Waals surface area contributed by atoms with Crippen LogP contribution < -0.4 is 0 Å². The third kappa shape index (κ3) is 6.63. The molecule has 0 bridgehead atoms. The second kappa shape index (κ2) is 10.5. The van der Waals surface area contributed by atoms with Gasteiger partial charge in [-0.25, -0.2) is 9.18 Å². The quantitative estimate of drug-likeness (QED) is 0.246. The fourth-order valence-corrected chi connectivity index (χ4v) is 5.00. The molecule has 1 unspecified atom stereocenters. The zero-order chi connectivity index (χ0) is 25.9. The topological polar surface area (TPSA) is 125 Å². The average molecular weight is 518 g/mol. The van der Waals surface area contributed by atoms with Crippen molar-refractivity contribution in [2.24, 2.45) is 10.8 Å². The van der Waals surface area contributed by atoms with Crippen LogP contribution in [0.4, 0.5) is 4.39 Å². The number of ether oxygens (including phenoxy) is 2. The number of thiophene rings is 1. The van der Waals surface area contributed by atoms with Gasteiger partial charge in [-0.1, -0.05) is 18.2 Å². The van der Waals surface area contributed by atoms with Crippen molar-refractivity contribution in [2.45, 2.75) is 47.5 Å². The van der Waals surface area contributed by atoms with Gasteiger partial charge in [-0.3, -0.25) is 23.2 Å². The van der Waals surface area contributed by atoms with Crippen LogP contribution in [0.15, 0.2) is 24.3 Å². The summed E-state index contributed by atoms with van der Waals surface area (Å²) < 4.78 is 49.7. The van der Waals surface area contributed by atoms with E-state index in [4.69, 9.17) is 18.5 Å². The van der Waals surface area contributed by atoms with Crippen molar-refractivity contribution in [3.05, 3.63) is 34.7 Å². The normalized spacial score (nSPS) is 13.5. The van der Waals surface area contributed by atoms with Gasteiger partial charge in [0.1, 0.15) is 4.88 Å². The first-order valence-corrected chi connectivity index (χ1v) is 12.6. The van der Waals surface area contributed by atoms with E-state index in [-0.39, 0.29) is 10.3 Å². The van der Waals surface area contributed by atoms with Gasteiger partial charge in [0.15, 0.2) is 0 Å². The number of benzene rings is 1. The molecule has 9 nitrogen and oxygen atoms in total. The first-order valence-electron chi connectivity index (χ1n) is 10.2. The number of carboxylic acid groups (broad SMARTS) is 1. The van der Waals surface area contributed by atoms with Gasteiger partial charge in [0.25, 0.3) is 0 Å². The molecule has 188 valence electrons. The van der Waals surface area contributed by atoms with E-state index in [1.165, 1.54) is 6.07 Å². The number of carbonyl (C=O) groups excluding carboxylic acids is 2. The summed E-state index contributed by atoms with van der Waals surface area (Å²) in [6.45, 7) is 7.60. The number of hydrogen-bond acceptors (Lipinski definition) is 9. The highest BCUT2D eigenvalue weighted by Gasteiger charge is 2.43. The van der Waals surface area contributed by atoms with Crippen LogP contribution in [0.2, 0.25) is 0 Å². The number of esters is 2. The van der Waals surface area contributed by atoms with Crippen LogP contribution in [0.3, 0.4) is 0 Å². The Morgan fingerprint density at radius 3 is 1.88 bits per heavy atom. The summed E-state index contributed by atoms with van der Waals surface area (Å²) in [5, 5.41) is 9.80. The number of aromatic carboxylic acids is 1. The van der Waals surface area contributed by atoms with Gasteiger partial charge in [0.05, 0.1) is 10.8 Å². The number of rotatable bonds is 9. The van der Waals surface area contributed by atoms with Gasteiger partial charge in [0, 0.05) is 15.6 Å². The lowest BCUT2D eigenvalue weighted by Crippen LogP contribution is -2.25. The second-order valence-corrected chi connectivity index (χ2v) is 12.5. The van der Waals surface area contributed by atoms with Crippen LogP contribution in [0.25, 0.3) is 10.1 Å². The van der Waals surface area contributed by atoms with Crippen molar-refractivity contribution in [1.82, 2.24) is 0 Å². The lowest BCUT2D eigenvalue weighted by Gasteiger charge is -2.24. The molecule has 0 aliphatic heterocycles. The van der Waals surface area contributed by atoms with E-state index in [0.29, 0.717) is 4.70 Å². The average Bonchev–Trinajstić information content (AvgIpc) is 3.11. The van der Waals surface area contributed by atoms with Crippen molar-refractivity contribution >= 4 is 46.9 Å². The monoisotopic (exact) mass is 518 g/mol. The molecule has 2 rings (SSSR count). The molecule has 1 aromatic heterocycles. The lowest BCUT2D eigenvalue weighted by atomic mass is 9.98. The first kappa shape index (κ1) is 27.9. The highest BCUT2D eigenvalue weighted by molar-refractivity contribution is 7.54. The van der Waals surface area contributed by atoms with Crippen LogP contribution in [0, 0.1) is 10.8 Å². The molecule has 1 atom stereocenters. The highest BCUT2D eigenvalue weighted by Crippen LogP contribution is 2.64. The number of fused-ring (bicyclic) bond motifs is 1. The maximum Gasteiger partial charge on any atom is 0.374 e. The zero-order valence-electron chi connectivity index (χ0n) is 19.7. The van der Waals surface area contributed by atoms with Crippen LogP contribution in [-0.2, 0) is 32.7 Å². The summed E-state index contributed by atoms with van der Waals surface area (Å²) in [6, 6.07) is 6.28. The highest BCUT2D eigenvalue weighted by atomic mass is 32.1. The molecule has 2 aromatic rings. The van der Waals surface area contributed by atoms with Gasteiger partial charge >= 0.3 is 25.5 Å². The fraction of sp³-hybridized carbons (Fsp3) is 0.500. The zero-order valence-corrected chi connectivity index (χ0v) is 21.5. The van der Waals surface area contributed by atoms with Crippen LogP contribution in [0.5, 0.6) is 0 Å². The standard InChI is InChI=1S/C22H28FO9PS/c1-21(2,3)19(26)29-11-31-33(28,32-12-30-20(27)22(4,5)6)17(23)15-13-9-7-8-10-14(13)34-16(15)18(24)25/h7-10,17H,11-12H2,1-6H3,(H,24,25). The Labute approximate surface area is 200 Å². The molecule has 0 spiro atoms. The van der Waals surface area contributed by atoms with Crippen molar-refractivity contribution in [3.63, 3.8) is 0 Å². The molecule has 34 heavy (non-hydrogen) atoms. The summed E-state index contributed by atoms with van der Waals surface area (Å²) in [6.07, 6.45) is 0. The number of hydrogen-bond donors (Lipinski definition) is 1. The maximum atomic E-state index is 15.8. The number of carbonyl (C=O) groups is 3. The van der Waals surface area contributed by atoms with E-state index in [1.54, 1.807) is 59.7 Å². The van der Waals surface area contributed by atoms with Crippen molar-refractivity contribution < 1.29 is 47.0 Å². The van der Waals surface area contributed by atoms with Gasteiger partial charge in [-0.15, -0.1) is 11.3 Å². The Bertz CT molecular complexity index is 1080. The van der Waals surface area contributed by atoms with Crippen molar-refractivity contribution in [1.29, 1.82) is 0 Å². The van der Waals surface area contributed by atoms with Crippen LogP contribution >= 0.6 is 18.9 Å².